The van der Waals surface area contributed by atoms with Crippen molar-refractivity contribution in [1.82, 2.24) is 0 Å². The Bertz CT molecular complexity index is 558. The maximum absolute atomic E-state index is 12.1. The predicted octanol–water partition coefficient (Wildman–Crippen LogP) is 3.22. The molecule has 2 bridgehead atoms. The highest BCUT2D eigenvalue weighted by Gasteiger charge is 2.50. The summed E-state index contributed by atoms with van der Waals surface area (Å²) in [5.41, 5.74) is 0.637. The van der Waals surface area contributed by atoms with Gasteiger partial charge in [-0.25, -0.2) is 4.79 Å². The molecular formula is C17H16O2. The number of hydrogen-bond acceptors (Lipinski definition) is 2. The summed E-state index contributed by atoms with van der Waals surface area (Å²) in [7, 11) is 0. The number of carbonyl (C=O) groups is 1. The minimum atomic E-state index is -0.206. The van der Waals surface area contributed by atoms with E-state index in [0.717, 1.165) is 0 Å². The molecule has 0 aliphatic heterocycles. The Kier molecular flexibility index (Phi) is 2.37. The SMILES string of the molecule is O=C(O[C@@H]1C=C[C@H]2C3C=CC(C3)[C@@H]12)c1ccccc1. The Morgan fingerprint density at radius 3 is 2.63 bits per heavy atom. The van der Waals surface area contributed by atoms with Gasteiger partial charge >= 0.3 is 5.97 Å². The molecule has 0 spiro atoms. The molecule has 2 unspecified atom stereocenters. The lowest BCUT2D eigenvalue weighted by atomic mass is 9.84. The maximum Gasteiger partial charge on any atom is 0.338 e. The number of allylic oxidation sites excluding steroid dienone is 3. The summed E-state index contributed by atoms with van der Waals surface area (Å²) in [6.07, 6.45) is 10.2. The molecule has 0 N–H and O–H groups in total. The van der Waals surface area contributed by atoms with Crippen LogP contribution in [0.5, 0.6) is 0 Å². The van der Waals surface area contributed by atoms with Crippen LogP contribution in [-0.2, 0) is 4.74 Å². The van der Waals surface area contributed by atoms with Crippen LogP contribution in [-0.4, -0.2) is 12.1 Å². The Balaban J connectivity index is 1.51. The minimum absolute atomic E-state index is 0.0438. The van der Waals surface area contributed by atoms with E-state index in [2.05, 4.69) is 24.3 Å². The van der Waals surface area contributed by atoms with Crippen LogP contribution in [0.3, 0.4) is 0 Å². The Morgan fingerprint density at radius 1 is 1.00 bits per heavy atom. The van der Waals surface area contributed by atoms with Crippen molar-refractivity contribution in [3.05, 3.63) is 60.2 Å². The van der Waals surface area contributed by atoms with E-state index >= 15 is 0 Å². The van der Waals surface area contributed by atoms with Crippen molar-refractivity contribution in [3.63, 3.8) is 0 Å². The Labute approximate surface area is 112 Å². The minimum Gasteiger partial charge on any atom is -0.454 e. The number of fused-ring (bicyclic) bond motifs is 5. The number of esters is 1. The fraction of sp³-hybridized carbons (Fsp3) is 0.353. The highest BCUT2D eigenvalue weighted by atomic mass is 16.5. The zero-order chi connectivity index (χ0) is 12.8. The van der Waals surface area contributed by atoms with Crippen LogP contribution in [0, 0.1) is 23.7 Å². The quantitative estimate of drug-likeness (QED) is 0.596. The topological polar surface area (TPSA) is 26.3 Å². The summed E-state index contributed by atoms with van der Waals surface area (Å²) in [4.78, 5) is 12.1. The number of ether oxygens (including phenoxy) is 1. The molecule has 4 rings (SSSR count). The highest BCUT2D eigenvalue weighted by Crippen LogP contribution is 2.53. The molecule has 1 aromatic rings. The molecule has 1 fully saturated rings. The fourth-order valence-electron chi connectivity index (χ4n) is 3.88. The first-order chi connectivity index (χ1) is 9.33. The van der Waals surface area contributed by atoms with Crippen molar-refractivity contribution in [1.29, 1.82) is 0 Å². The van der Waals surface area contributed by atoms with E-state index in [4.69, 9.17) is 4.74 Å². The van der Waals surface area contributed by atoms with Gasteiger partial charge in [-0.1, -0.05) is 36.4 Å². The first-order valence-electron chi connectivity index (χ1n) is 6.95. The van der Waals surface area contributed by atoms with E-state index in [0.29, 0.717) is 29.2 Å². The Morgan fingerprint density at radius 2 is 1.79 bits per heavy atom. The number of hydrogen-bond donors (Lipinski definition) is 0. The molecule has 0 radical (unpaired) electrons. The molecule has 0 heterocycles. The Hall–Kier alpha value is -1.83. The van der Waals surface area contributed by atoms with E-state index in [1.165, 1.54) is 6.42 Å². The number of carbonyl (C=O) groups excluding carboxylic acids is 1. The van der Waals surface area contributed by atoms with Crippen LogP contribution >= 0.6 is 0 Å². The van der Waals surface area contributed by atoms with Gasteiger partial charge in [-0.3, -0.25) is 0 Å². The van der Waals surface area contributed by atoms with Gasteiger partial charge in [-0.2, -0.15) is 0 Å². The van der Waals surface area contributed by atoms with Crippen molar-refractivity contribution in [2.45, 2.75) is 12.5 Å². The van der Waals surface area contributed by atoms with Crippen LogP contribution in [0.1, 0.15) is 16.8 Å². The van der Waals surface area contributed by atoms with Crippen LogP contribution < -0.4 is 0 Å². The summed E-state index contributed by atoms with van der Waals surface area (Å²) < 4.78 is 5.70. The second-order valence-electron chi connectivity index (χ2n) is 5.72. The van der Waals surface area contributed by atoms with Gasteiger partial charge < -0.3 is 4.74 Å². The third-order valence-corrected chi connectivity index (χ3v) is 4.74. The largest absolute Gasteiger partial charge is 0.454 e. The van der Waals surface area contributed by atoms with Crippen molar-refractivity contribution < 1.29 is 9.53 Å². The van der Waals surface area contributed by atoms with Gasteiger partial charge in [0.05, 0.1) is 5.56 Å². The van der Waals surface area contributed by atoms with Gasteiger partial charge in [0.2, 0.25) is 0 Å². The number of benzene rings is 1. The average molecular weight is 252 g/mol. The lowest BCUT2D eigenvalue weighted by molar-refractivity contribution is 0.0240. The van der Waals surface area contributed by atoms with Crippen molar-refractivity contribution in [2.24, 2.45) is 23.7 Å². The second kappa shape index (κ2) is 4.09. The standard InChI is InChI=1S/C17H16O2/c18-17(11-4-2-1-3-5-11)19-15-9-8-14-12-6-7-13(10-12)16(14)15/h1-9,12-16H,10H2/t12?,13?,14-,15+,16+/m0/s1. The molecule has 0 aromatic heterocycles. The second-order valence-corrected chi connectivity index (χ2v) is 5.72. The first-order valence-corrected chi connectivity index (χ1v) is 6.95. The summed E-state index contributed by atoms with van der Waals surface area (Å²) >= 11 is 0. The van der Waals surface area contributed by atoms with Crippen LogP contribution in [0.15, 0.2) is 54.6 Å². The van der Waals surface area contributed by atoms with Gasteiger partial charge in [0, 0.05) is 5.92 Å². The number of rotatable bonds is 2. The molecule has 0 amide bonds. The predicted molar refractivity (Wildman–Crippen MR) is 72.5 cm³/mol. The van der Waals surface area contributed by atoms with Crippen LogP contribution in [0.25, 0.3) is 0 Å². The summed E-state index contributed by atoms with van der Waals surface area (Å²) in [5, 5.41) is 0. The highest BCUT2D eigenvalue weighted by molar-refractivity contribution is 5.89. The van der Waals surface area contributed by atoms with E-state index in [9.17, 15) is 4.79 Å². The van der Waals surface area contributed by atoms with Crippen molar-refractivity contribution in [3.8, 4) is 0 Å². The van der Waals surface area contributed by atoms with E-state index in [1.807, 2.05) is 18.2 Å². The summed E-state index contributed by atoms with van der Waals surface area (Å²) in [6, 6.07) is 9.25. The zero-order valence-electron chi connectivity index (χ0n) is 10.6. The zero-order valence-corrected chi connectivity index (χ0v) is 10.6. The van der Waals surface area contributed by atoms with Gasteiger partial charge in [0.25, 0.3) is 0 Å². The molecule has 3 aliphatic rings. The maximum atomic E-state index is 12.1. The molecule has 5 atom stereocenters. The molecular weight excluding hydrogens is 236 g/mol. The molecule has 0 saturated heterocycles. The monoisotopic (exact) mass is 252 g/mol. The third-order valence-electron chi connectivity index (χ3n) is 4.74. The smallest absolute Gasteiger partial charge is 0.338 e. The van der Waals surface area contributed by atoms with Crippen LogP contribution in [0.2, 0.25) is 0 Å². The van der Waals surface area contributed by atoms with Crippen molar-refractivity contribution in [2.75, 3.05) is 0 Å². The van der Waals surface area contributed by atoms with Crippen LogP contribution in [0.4, 0.5) is 0 Å². The lowest BCUT2D eigenvalue weighted by Crippen LogP contribution is -2.28. The first kappa shape index (κ1) is 11.0. The molecule has 19 heavy (non-hydrogen) atoms. The normalized spacial score (nSPS) is 37.6. The lowest BCUT2D eigenvalue weighted by Gasteiger charge is -2.25. The van der Waals surface area contributed by atoms with Gasteiger partial charge in [0.15, 0.2) is 0 Å². The molecule has 2 heteroatoms. The van der Waals surface area contributed by atoms with E-state index in [-0.39, 0.29) is 12.1 Å². The van der Waals surface area contributed by atoms with E-state index < -0.39 is 0 Å². The molecule has 2 nitrogen and oxygen atoms in total. The molecule has 1 aromatic carbocycles. The summed E-state index contributed by atoms with van der Waals surface area (Å²) in [5.74, 6) is 2.12. The average Bonchev–Trinajstić information content (AvgIpc) is 3.13. The van der Waals surface area contributed by atoms with Gasteiger partial charge in [-0.15, -0.1) is 0 Å². The molecule has 3 aliphatic carbocycles. The van der Waals surface area contributed by atoms with Crippen molar-refractivity contribution >= 4 is 5.97 Å². The summed E-state index contributed by atoms with van der Waals surface area (Å²) in [6.45, 7) is 0. The van der Waals surface area contributed by atoms with Gasteiger partial charge in [-0.05, 0) is 42.4 Å². The molecule has 96 valence electrons. The molecule has 1 saturated carbocycles. The van der Waals surface area contributed by atoms with E-state index in [1.54, 1.807) is 12.1 Å². The fourth-order valence-corrected chi connectivity index (χ4v) is 3.88. The third kappa shape index (κ3) is 1.66. The van der Waals surface area contributed by atoms with Gasteiger partial charge in [0.1, 0.15) is 6.10 Å².